The molecule has 0 saturated heterocycles. The lowest BCUT2D eigenvalue weighted by atomic mass is 10.1. The van der Waals surface area contributed by atoms with Gasteiger partial charge in [-0.05, 0) is 58.4 Å². The Bertz CT molecular complexity index is 655. The van der Waals surface area contributed by atoms with Crippen LogP contribution in [0, 0.1) is 0 Å². The minimum Gasteiger partial charge on any atom is -0.337 e. The number of benzene rings is 1. The highest BCUT2D eigenvalue weighted by molar-refractivity contribution is 9.10. The molecule has 0 fully saturated rings. The highest BCUT2D eigenvalue weighted by Gasteiger charge is 2.26. The smallest absolute Gasteiger partial charge is 0.236 e. The third-order valence-corrected chi connectivity index (χ3v) is 6.75. The third kappa shape index (κ3) is 3.35. The minimum absolute atomic E-state index is 0.0658. The molecular weight excluding hydrogens is 366 g/mol. The molecule has 110 valence electrons. The number of rotatable bonds is 3. The first-order chi connectivity index (χ1) is 10.1. The van der Waals surface area contributed by atoms with E-state index in [2.05, 4.69) is 27.4 Å². The Balaban J connectivity index is 1.67. The van der Waals surface area contributed by atoms with E-state index in [1.54, 1.807) is 23.1 Å². The van der Waals surface area contributed by atoms with Crippen molar-refractivity contribution in [3.63, 3.8) is 0 Å². The molecule has 0 radical (unpaired) electrons. The summed E-state index contributed by atoms with van der Waals surface area (Å²) in [5.74, 6) is 0.229. The number of halogens is 1. The maximum Gasteiger partial charge on any atom is 0.236 e. The Morgan fingerprint density at radius 1 is 1.38 bits per heavy atom. The fraction of sp³-hybridized carbons (Fsp3) is 0.312. The van der Waals surface area contributed by atoms with Crippen LogP contribution in [0.2, 0.25) is 0 Å². The molecule has 1 aromatic heterocycles. The zero-order valence-corrected chi connectivity index (χ0v) is 14.9. The van der Waals surface area contributed by atoms with Crippen LogP contribution in [0.25, 0.3) is 0 Å². The van der Waals surface area contributed by atoms with Gasteiger partial charge >= 0.3 is 0 Å². The zero-order valence-electron chi connectivity index (χ0n) is 11.7. The van der Waals surface area contributed by atoms with Crippen molar-refractivity contribution in [2.45, 2.75) is 30.0 Å². The van der Waals surface area contributed by atoms with Crippen LogP contribution in [0.15, 0.2) is 45.1 Å². The molecule has 21 heavy (non-hydrogen) atoms. The van der Waals surface area contributed by atoms with Crippen molar-refractivity contribution in [2.24, 2.45) is 0 Å². The van der Waals surface area contributed by atoms with E-state index in [1.807, 2.05) is 36.1 Å². The molecule has 1 aliphatic rings. The molecule has 0 spiro atoms. The number of hydrogen-bond acceptors (Lipinski definition) is 3. The first-order valence-corrected chi connectivity index (χ1v) is 9.45. The van der Waals surface area contributed by atoms with Gasteiger partial charge in [-0.1, -0.05) is 12.1 Å². The average Bonchev–Trinajstić information content (AvgIpc) is 2.96. The predicted octanol–water partition coefficient (Wildman–Crippen LogP) is 4.58. The highest BCUT2D eigenvalue weighted by atomic mass is 79.9. The van der Waals surface area contributed by atoms with E-state index in [-0.39, 0.29) is 11.2 Å². The largest absolute Gasteiger partial charge is 0.337 e. The number of amides is 1. The maximum absolute atomic E-state index is 12.6. The second-order valence-electron chi connectivity index (χ2n) is 5.07. The van der Waals surface area contributed by atoms with Gasteiger partial charge in [0.2, 0.25) is 5.91 Å². The van der Waals surface area contributed by atoms with E-state index in [9.17, 15) is 4.79 Å². The lowest BCUT2D eigenvalue weighted by molar-refractivity contribution is -0.131. The van der Waals surface area contributed by atoms with Crippen LogP contribution in [0.5, 0.6) is 0 Å². The molecule has 2 heterocycles. The normalized spacial score (nSPS) is 15.6. The highest BCUT2D eigenvalue weighted by Crippen LogP contribution is 2.32. The third-order valence-electron chi connectivity index (χ3n) is 3.61. The van der Waals surface area contributed by atoms with E-state index in [0.29, 0.717) is 0 Å². The molecule has 0 saturated carbocycles. The second-order valence-corrected chi connectivity index (χ2v) is 8.31. The Labute approximate surface area is 141 Å². The van der Waals surface area contributed by atoms with Crippen LogP contribution >= 0.6 is 39.0 Å². The molecule has 0 aliphatic carbocycles. The number of thiophene rings is 1. The molecule has 1 aromatic carbocycles. The number of thioether (sulfide) groups is 1. The van der Waals surface area contributed by atoms with Gasteiger partial charge < -0.3 is 4.90 Å². The van der Waals surface area contributed by atoms with Gasteiger partial charge in [-0.25, -0.2) is 0 Å². The number of carbonyl (C=O) groups excluding carboxylic acids is 1. The molecule has 2 nitrogen and oxygen atoms in total. The van der Waals surface area contributed by atoms with Crippen LogP contribution in [0.4, 0.5) is 0 Å². The van der Waals surface area contributed by atoms with Gasteiger partial charge in [0.15, 0.2) is 0 Å². The Morgan fingerprint density at radius 3 is 3.00 bits per heavy atom. The topological polar surface area (TPSA) is 20.3 Å². The van der Waals surface area contributed by atoms with Gasteiger partial charge in [0, 0.05) is 27.3 Å². The van der Waals surface area contributed by atoms with Crippen LogP contribution in [0.1, 0.15) is 17.4 Å². The summed E-state index contributed by atoms with van der Waals surface area (Å²) < 4.78 is 1.05. The van der Waals surface area contributed by atoms with Crippen molar-refractivity contribution >= 4 is 44.9 Å². The van der Waals surface area contributed by atoms with Gasteiger partial charge in [-0.3, -0.25) is 4.79 Å². The first kappa shape index (κ1) is 15.1. The van der Waals surface area contributed by atoms with E-state index in [1.165, 1.54) is 10.4 Å². The van der Waals surface area contributed by atoms with Crippen molar-refractivity contribution in [3.8, 4) is 0 Å². The Hall–Kier alpha value is -0.780. The van der Waals surface area contributed by atoms with Crippen molar-refractivity contribution in [3.05, 3.63) is 50.6 Å². The number of hydrogen-bond donors (Lipinski definition) is 0. The number of carbonyl (C=O) groups is 1. The molecule has 0 N–H and O–H groups in total. The van der Waals surface area contributed by atoms with Crippen LogP contribution < -0.4 is 0 Å². The van der Waals surface area contributed by atoms with Crippen LogP contribution in [-0.2, 0) is 17.8 Å². The first-order valence-electron chi connectivity index (χ1n) is 6.90. The average molecular weight is 382 g/mol. The summed E-state index contributed by atoms with van der Waals surface area (Å²) in [5, 5.41) is 2.06. The van der Waals surface area contributed by atoms with Gasteiger partial charge in [-0.15, -0.1) is 23.1 Å². The predicted molar refractivity (Wildman–Crippen MR) is 92.9 cm³/mol. The van der Waals surface area contributed by atoms with Crippen LogP contribution in [0.3, 0.4) is 0 Å². The van der Waals surface area contributed by atoms with E-state index >= 15 is 0 Å². The number of fused-ring (bicyclic) bond motifs is 1. The summed E-state index contributed by atoms with van der Waals surface area (Å²) in [5.41, 5.74) is 1.32. The lowest BCUT2D eigenvalue weighted by Gasteiger charge is -2.29. The molecule has 1 amide bonds. The molecule has 5 heteroatoms. The Morgan fingerprint density at radius 2 is 2.19 bits per heavy atom. The van der Waals surface area contributed by atoms with Crippen molar-refractivity contribution in [1.29, 1.82) is 0 Å². The van der Waals surface area contributed by atoms with Crippen molar-refractivity contribution in [2.75, 3.05) is 6.54 Å². The number of nitrogens with zero attached hydrogens (tertiary/aromatic N) is 1. The monoisotopic (exact) mass is 381 g/mol. The fourth-order valence-corrected chi connectivity index (χ4v) is 4.90. The molecule has 2 aromatic rings. The van der Waals surface area contributed by atoms with Gasteiger partial charge in [0.25, 0.3) is 0 Å². The fourth-order valence-electron chi connectivity index (χ4n) is 2.47. The van der Waals surface area contributed by atoms with E-state index in [0.717, 1.165) is 28.9 Å². The standard InChI is InChI=1S/C16H16BrNOS2/c1-11(21-15-5-3-2-4-13(15)17)16(19)18-8-6-14-12(10-18)7-9-20-14/h2-5,7,9,11H,6,8,10H2,1H3. The summed E-state index contributed by atoms with van der Waals surface area (Å²) in [7, 11) is 0. The minimum atomic E-state index is -0.0658. The lowest BCUT2D eigenvalue weighted by Crippen LogP contribution is -2.39. The molecule has 1 aliphatic heterocycles. The second kappa shape index (κ2) is 6.55. The molecular formula is C16H16BrNOS2. The summed E-state index contributed by atoms with van der Waals surface area (Å²) in [6.07, 6.45) is 0.991. The summed E-state index contributed by atoms with van der Waals surface area (Å²) >= 11 is 6.96. The quantitative estimate of drug-likeness (QED) is 0.725. The van der Waals surface area contributed by atoms with E-state index in [4.69, 9.17) is 0 Å². The molecule has 1 unspecified atom stereocenters. The zero-order chi connectivity index (χ0) is 14.8. The van der Waals surface area contributed by atoms with Crippen molar-refractivity contribution < 1.29 is 4.79 Å². The van der Waals surface area contributed by atoms with Gasteiger partial charge in [0.05, 0.1) is 5.25 Å². The molecule has 1 atom stereocenters. The van der Waals surface area contributed by atoms with Crippen molar-refractivity contribution in [1.82, 2.24) is 4.90 Å². The maximum atomic E-state index is 12.6. The van der Waals surface area contributed by atoms with Gasteiger partial charge in [-0.2, -0.15) is 0 Å². The Kier molecular flexibility index (Phi) is 4.72. The SMILES string of the molecule is CC(Sc1ccccc1Br)C(=O)N1CCc2sccc2C1. The molecule has 3 rings (SSSR count). The van der Waals surface area contributed by atoms with Gasteiger partial charge in [0.1, 0.15) is 0 Å². The van der Waals surface area contributed by atoms with E-state index < -0.39 is 0 Å². The van der Waals surface area contributed by atoms with Crippen LogP contribution in [-0.4, -0.2) is 22.6 Å². The summed E-state index contributed by atoms with van der Waals surface area (Å²) in [6.45, 7) is 3.60. The molecule has 0 bridgehead atoms. The summed E-state index contributed by atoms with van der Waals surface area (Å²) in [4.78, 5) is 17.2. The summed E-state index contributed by atoms with van der Waals surface area (Å²) in [6, 6.07) is 10.2.